The van der Waals surface area contributed by atoms with Crippen LogP contribution in [0.2, 0.25) is 0 Å². The van der Waals surface area contributed by atoms with Crippen molar-refractivity contribution in [1.29, 1.82) is 5.26 Å². The highest BCUT2D eigenvalue weighted by Gasteiger charge is 2.32. The van der Waals surface area contributed by atoms with Gasteiger partial charge in [-0.2, -0.15) is 5.26 Å². The van der Waals surface area contributed by atoms with Crippen LogP contribution in [0.15, 0.2) is 6.07 Å². The average molecular weight is 371 g/mol. The van der Waals surface area contributed by atoms with Gasteiger partial charge >= 0.3 is 6.09 Å². The van der Waals surface area contributed by atoms with Gasteiger partial charge in [0, 0.05) is 22.7 Å². The standard InChI is InChI=1S/C21H26FN3O2/c1-11-12(2)24-19-14(10-23)9-16(22)18(17(11)19)13-6-7-15(8-13)25-20(26)27-21(3,4)5/h9,13,15,24H,6-8H2,1-5H3,(H,25,26)/t13?,15-/m0/s1. The molecule has 2 aromatic rings. The maximum Gasteiger partial charge on any atom is 0.407 e. The van der Waals surface area contributed by atoms with E-state index in [1.807, 2.05) is 34.6 Å². The fourth-order valence-corrected chi connectivity index (χ4v) is 3.99. The molecule has 1 aliphatic rings. The Morgan fingerprint density at radius 3 is 2.70 bits per heavy atom. The van der Waals surface area contributed by atoms with Crippen molar-refractivity contribution in [3.63, 3.8) is 0 Å². The molecule has 1 saturated carbocycles. The lowest BCUT2D eigenvalue weighted by Crippen LogP contribution is -2.37. The number of benzene rings is 1. The second-order valence-corrected chi connectivity index (χ2v) is 8.41. The van der Waals surface area contributed by atoms with Crippen LogP contribution >= 0.6 is 0 Å². The fourth-order valence-electron chi connectivity index (χ4n) is 3.99. The van der Waals surface area contributed by atoms with Gasteiger partial charge in [0.15, 0.2) is 0 Å². The summed E-state index contributed by atoms with van der Waals surface area (Å²) in [6.07, 6.45) is 1.77. The van der Waals surface area contributed by atoms with Gasteiger partial charge in [0.25, 0.3) is 0 Å². The summed E-state index contributed by atoms with van der Waals surface area (Å²) in [6.45, 7) is 9.35. The third-order valence-corrected chi connectivity index (χ3v) is 5.25. The average Bonchev–Trinajstić information content (AvgIpc) is 3.11. The Kier molecular flexibility index (Phi) is 4.90. The molecule has 1 heterocycles. The van der Waals surface area contributed by atoms with Crippen LogP contribution in [0.1, 0.15) is 68.3 Å². The van der Waals surface area contributed by atoms with Crippen LogP contribution in [-0.4, -0.2) is 22.7 Å². The summed E-state index contributed by atoms with van der Waals surface area (Å²) in [6, 6.07) is 3.36. The van der Waals surface area contributed by atoms with Crippen LogP contribution in [0.3, 0.4) is 0 Å². The topological polar surface area (TPSA) is 77.9 Å². The second-order valence-electron chi connectivity index (χ2n) is 8.41. The van der Waals surface area contributed by atoms with Crippen molar-refractivity contribution in [2.75, 3.05) is 0 Å². The molecule has 5 nitrogen and oxygen atoms in total. The Morgan fingerprint density at radius 2 is 2.07 bits per heavy atom. The number of hydrogen-bond donors (Lipinski definition) is 2. The zero-order valence-electron chi connectivity index (χ0n) is 16.5. The van der Waals surface area contributed by atoms with E-state index in [-0.39, 0.29) is 17.8 Å². The molecule has 144 valence electrons. The van der Waals surface area contributed by atoms with E-state index in [0.717, 1.165) is 29.5 Å². The molecule has 0 radical (unpaired) electrons. The Bertz CT molecular complexity index is 934. The molecule has 3 rings (SSSR count). The Labute approximate surface area is 158 Å². The summed E-state index contributed by atoms with van der Waals surface area (Å²) in [5, 5.41) is 13.1. The number of carbonyl (C=O) groups excluding carboxylic acids is 1. The Balaban J connectivity index is 1.88. The van der Waals surface area contributed by atoms with Crippen LogP contribution < -0.4 is 5.32 Å². The van der Waals surface area contributed by atoms with Crippen molar-refractivity contribution < 1.29 is 13.9 Å². The number of rotatable bonds is 2. The van der Waals surface area contributed by atoms with Gasteiger partial charge < -0.3 is 15.0 Å². The number of halogens is 1. The molecule has 1 amide bonds. The van der Waals surface area contributed by atoms with Gasteiger partial charge in [0.1, 0.15) is 17.5 Å². The summed E-state index contributed by atoms with van der Waals surface area (Å²) >= 11 is 0. The molecule has 6 heteroatoms. The van der Waals surface area contributed by atoms with Crippen molar-refractivity contribution in [2.45, 2.75) is 71.4 Å². The number of nitriles is 1. The van der Waals surface area contributed by atoms with E-state index in [4.69, 9.17) is 4.74 Å². The zero-order valence-corrected chi connectivity index (χ0v) is 16.5. The first kappa shape index (κ1) is 19.2. The summed E-state index contributed by atoms with van der Waals surface area (Å²) in [7, 11) is 0. The van der Waals surface area contributed by atoms with Gasteiger partial charge in [-0.05, 0) is 71.4 Å². The lowest BCUT2D eigenvalue weighted by molar-refractivity contribution is 0.0505. The molecule has 2 atom stereocenters. The summed E-state index contributed by atoms with van der Waals surface area (Å²) < 4.78 is 20.3. The first-order valence-electron chi connectivity index (χ1n) is 9.31. The van der Waals surface area contributed by atoms with Gasteiger partial charge in [-0.15, -0.1) is 0 Å². The maximum absolute atomic E-state index is 14.9. The number of aryl methyl sites for hydroxylation is 2. The zero-order chi connectivity index (χ0) is 19.9. The molecule has 0 bridgehead atoms. The molecule has 1 aliphatic carbocycles. The quantitative estimate of drug-likeness (QED) is 0.783. The molecule has 1 aromatic carbocycles. The number of nitrogens with one attached hydrogen (secondary N) is 2. The van der Waals surface area contributed by atoms with Crippen molar-refractivity contribution in [2.24, 2.45) is 0 Å². The number of nitrogens with zero attached hydrogens (tertiary/aromatic N) is 1. The van der Waals surface area contributed by atoms with E-state index in [1.165, 1.54) is 6.07 Å². The maximum atomic E-state index is 14.9. The van der Waals surface area contributed by atoms with Gasteiger partial charge in [0.2, 0.25) is 0 Å². The lowest BCUT2D eigenvalue weighted by atomic mass is 9.90. The number of aromatic amines is 1. The number of hydrogen-bond acceptors (Lipinski definition) is 3. The molecule has 0 saturated heterocycles. The molecular weight excluding hydrogens is 345 g/mol. The smallest absolute Gasteiger partial charge is 0.407 e. The van der Waals surface area contributed by atoms with Crippen molar-refractivity contribution in [3.8, 4) is 6.07 Å². The van der Waals surface area contributed by atoms with Crippen LogP contribution in [0.5, 0.6) is 0 Å². The molecule has 1 fully saturated rings. The number of H-pyrrole nitrogens is 1. The van der Waals surface area contributed by atoms with E-state index >= 15 is 0 Å². The third-order valence-electron chi connectivity index (χ3n) is 5.25. The predicted molar refractivity (Wildman–Crippen MR) is 102 cm³/mol. The largest absolute Gasteiger partial charge is 0.444 e. The molecule has 2 N–H and O–H groups in total. The summed E-state index contributed by atoms with van der Waals surface area (Å²) in [4.78, 5) is 15.3. The first-order valence-corrected chi connectivity index (χ1v) is 9.31. The molecule has 0 aliphatic heterocycles. The van der Waals surface area contributed by atoms with Gasteiger partial charge in [-0.25, -0.2) is 9.18 Å². The minimum absolute atomic E-state index is 0.00548. The number of aromatic nitrogens is 1. The number of ether oxygens (including phenoxy) is 1. The third kappa shape index (κ3) is 3.78. The molecule has 0 spiro atoms. The van der Waals surface area contributed by atoms with E-state index in [2.05, 4.69) is 16.4 Å². The highest BCUT2D eigenvalue weighted by molar-refractivity contribution is 5.92. The Hall–Kier alpha value is -2.55. The minimum Gasteiger partial charge on any atom is -0.444 e. The molecule has 1 aromatic heterocycles. The number of amides is 1. The number of fused-ring (bicyclic) bond motifs is 1. The highest BCUT2D eigenvalue weighted by atomic mass is 19.1. The van der Waals surface area contributed by atoms with E-state index in [9.17, 15) is 14.4 Å². The summed E-state index contributed by atoms with van der Waals surface area (Å²) in [5.41, 5.74) is 3.04. The van der Waals surface area contributed by atoms with Crippen LogP contribution in [0, 0.1) is 31.0 Å². The van der Waals surface area contributed by atoms with Gasteiger partial charge in [-0.3, -0.25) is 0 Å². The monoisotopic (exact) mass is 371 g/mol. The van der Waals surface area contributed by atoms with Crippen molar-refractivity contribution >= 4 is 17.0 Å². The Morgan fingerprint density at radius 1 is 1.37 bits per heavy atom. The summed E-state index contributed by atoms with van der Waals surface area (Å²) in [5.74, 6) is -0.349. The van der Waals surface area contributed by atoms with Gasteiger partial charge in [0.05, 0.1) is 11.1 Å². The van der Waals surface area contributed by atoms with Crippen molar-refractivity contribution in [1.82, 2.24) is 10.3 Å². The van der Waals surface area contributed by atoms with Crippen LogP contribution in [-0.2, 0) is 4.74 Å². The molecule has 1 unspecified atom stereocenters. The lowest BCUT2D eigenvalue weighted by Gasteiger charge is -2.22. The van der Waals surface area contributed by atoms with Crippen molar-refractivity contribution in [3.05, 3.63) is 34.3 Å². The number of alkyl carbamates (subject to hydrolysis) is 1. The normalized spacial score (nSPS) is 19.9. The van der Waals surface area contributed by atoms with E-state index < -0.39 is 11.7 Å². The number of carbonyl (C=O) groups is 1. The first-order chi connectivity index (χ1) is 12.6. The fraction of sp³-hybridized carbons (Fsp3) is 0.524. The molecular formula is C21H26FN3O2. The SMILES string of the molecule is Cc1[nH]c2c(C#N)cc(F)c(C3CC[C@H](NC(=O)OC(C)(C)C)C3)c2c1C. The van der Waals surface area contributed by atoms with Crippen LogP contribution in [0.4, 0.5) is 9.18 Å². The second kappa shape index (κ2) is 6.88. The molecule has 27 heavy (non-hydrogen) atoms. The van der Waals surface area contributed by atoms with Crippen LogP contribution in [0.25, 0.3) is 10.9 Å². The minimum atomic E-state index is -0.548. The highest BCUT2D eigenvalue weighted by Crippen LogP contribution is 2.42. The van der Waals surface area contributed by atoms with Gasteiger partial charge in [-0.1, -0.05) is 0 Å². The van der Waals surface area contributed by atoms with E-state index in [1.54, 1.807) is 0 Å². The van der Waals surface area contributed by atoms with E-state index in [0.29, 0.717) is 23.1 Å². The predicted octanol–water partition coefficient (Wildman–Crippen LogP) is 4.96.